The van der Waals surface area contributed by atoms with Gasteiger partial charge in [-0.15, -0.1) is 5.10 Å². The summed E-state index contributed by atoms with van der Waals surface area (Å²) in [4.78, 5) is 11.0. The quantitative estimate of drug-likeness (QED) is 0.922. The van der Waals surface area contributed by atoms with Gasteiger partial charge in [-0.3, -0.25) is 4.68 Å². The summed E-state index contributed by atoms with van der Waals surface area (Å²) in [5.74, 6) is -0.980. The van der Waals surface area contributed by atoms with Crippen LogP contribution in [0.5, 0.6) is 5.88 Å². The van der Waals surface area contributed by atoms with Gasteiger partial charge in [-0.1, -0.05) is 29.8 Å². The summed E-state index contributed by atoms with van der Waals surface area (Å²) in [6, 6.07) is 7.32. The molecule has 0 atom stereocenters. The number of benzene rings is 1. The van der Waals surface area contributed by atoms with Gasteiger partial charge in [0.1, 0.15) is 5.56 Å². The Labute approximate surface area is 109 Å². The van der Waals surface area contributed by atoms with Crippen LogP contribution in [0.2, 0.25) is 5.02 Å². The molecule has 18 heavy (non-hydrogen) atoms. The summed E-state index contributed by atoms with van der Waals surface area (Å²) in [6.45, 7) is 0.392. The maximum absolute atomic E-state index is 11.0. The number of aromatic carboxylic acids is 1. The highest BCUT2D eigenvalue weighted by molar-refractivity contribution is 6.31. The number of carbonyl (C=O) groups is 1. The summed E-state index contributed by atoms with van der Waals surface area (Å²) in [6.07, 6.45) is 1.42. The zero-order chi connectivity index (χ0) is 13.1. The summed E-state index contributed by atoms with van der Waals surface area (Å²) in [5, 5.41) is 13.6. The summed E-state index contributed by atoms with van der Waals surface area (Å²) >= 11 is 6.03. The number of methoxy groups -OCH3 is 1. The van der Waals surface area contributed by atoms with Crippen molar-refractivity contribution in [3.8, 4) is 5.88 Å². The van der Waals surface area contributed by atoms with E-state index in [0.29, 0.717) is 11.6 Å². The fourth-order valence-corrected chi connectivity index (χ4v) is 1.78. The Kier molecular flexibility index (Phi) is 3.53. The molecule has 1 aromatic heterocycles. The lowest BCUT2D eigenvalue weighted by atomic mass is 10.2. The number of aromatic nitrogens is 2. The molecule has 0 fully saturated rings. The summed E-state index contributed by atoms with van der Waals surface area (Å²) < 4.78 is 6.40. The molecule has 0 unspecified atom stereocenters. The average molecular weight is 267 g/mol. The van der Waals surface area contributed by atoms with Crippen molar-refractivity contribution in [1.29, 1.82) is 0 Å². The Hall–Kier alpha value is -2.01. The number of hydrogen-bond acceptors (Lipinski definition) is 3. The van der Waals surface area contributed by atoms with Crippen LogP contribution in [0.1, 0.15) is 15.9 Å². The molecule has 0 spiro atoms. The molecule has 2 rings (SSSR count). The molecule has 0 saturated carbocycles. The third-order valence-electron chi connectivity index (χ3n) is 2.44. The van der Waals surface area contributed by atoms with E-state index >= 15 is 0 Å². The normalized spacial score (nSPS) is 10.3. The largest absolute Gasteiger partial charge is 0.479 e. The molecule has 6 heteroatoms. The minimum Gasteiger partial charge on any atom is -0.479 e. The zero-order valence-electron chi connectivity index (χ0n) is 9.63. The molecule has 1 N–H and O–H groups in total. The lowest BCUT2D eigenvalue weighted by molar-refractivity contribution is 0.0693. The molecule has 2 aromatic rings. The lowest BCUT2D eigenvalue weighted by Gasteiger charge is -2.03. The van der Waals surface area contributed by atoms with E-state index in [4.69, 9.17) is 21.4 Å². The summed E-state index contributed by atoms with van der Waals surface area (Å²) in [5.41, 5.74) is 0.894. The van der Waals surface area contributed by atoms with Crippen molar-refractivity contribution in [2.75, 3.05) is 7.11 Å². The van der Waals surface area contributed by atoms with Crippen LogP contribution in [-0.2, 0) is 6.54 Å². The molecular formula is C12H11ClN2O3. The van der Waals surface area contributed by atoms with Gasteiger partial charge in [0.25, 0.3) is 0 Å². The molecule has 0 saturated heterocycles. The maximum Gasteiger partial charge on any atom is 0.342 e. The van der Waals surface area contributed by atoms with Gasteiger partial charge in [0.15, 0.2) is 0 Å². The van der Waals surface area contributed by atoms with Crippen molar-refractivity contribution in [2.24, 2.45) is 0 Å². The Morgan fingerprint density at radius 2 is 2.22 bits per heavy atom. The number of carboxylic acid groups (broad SMARTS) is 1. The second kappa shape index (κ2) is 5.10. The fourth-order valence-electron chi connectivity index (χ4n) is 1.58. The molecule has 0 bridgehead atoms. The van der Waals surface area contributed by atoms with Crippen molar-refractivity contribution in [3.63, 3.8) is 0 Å². The van der Waals surface area contributed by atoms with Crippen molar-refractivity contribution < 1.29 is 14.6 Å². The first-order valence-electron chi connectivity index (χ1n) is 5.20. The minimum absolute atomic E-state index is 0.0320. The van der Waals surface area contributed by atoms with Gasteiger partial charge in [0.2, 0.25) is 5.88 Å². The topological polar surface area (TPSA) is 64.4 Å². The zero-order valence-corrected chi connectivity index (χ0v) is 10.4. The maximum atomic E-state index is 11.0. The molecule has 94 valence electrons. The van der Waals surface area contributed by atoms with Crippen molar-refractivity contribution in [1.82, 2.24) is 9.78 Å². The van der Waals surface area contributed by atoms with E-state index in [2.05, 4.69) is 5.10 Å². The number of halogens is 1. The fraction of sp³-hybridized carbons (Fsp3) is 0.167. The van der Waals surface area contributed by atoms with E-state index in [1.807, 2.05) is 18.2 Å². The van der Waals surface area contributed by atoms with Crippen LogP contribution in [-0.4, -0.2) is 28.0 Å². The van der Waals surface area contributed by atoms with E-state index in [-0.39, 0.29) is 11.4 Å². The Morgan fingerprint density at radius 3 is 2.78 bits per heavy atom. The van der Waals surface area contributed by atoms with E-state index in [1.165, 1.54) is 18.0 Å². The van der Waals surface area contributed by atoms with Gasteiger partial charge in [0, 0.05) is 11.2 Å². The van der Waals surface area contributed by atoms with Crippen LogP contribution in [0.4, 0.5) is 0 Å². The first kappa shape index (κ1) is 12.4. The van der Waals surface area contributed by atoms with Crippen LogP contribution >= 0.6 is 11.6 Å². The van der Waals surface area contributed by atoms with E-state index in [1.54, 1.807) is 6.07 Å². The van der Waals surface area contributed by atoms with E-state index < -0.39 is 5.97 Å². The van der Waals surface area contributed by atoms with Crippen molar-refractivity contribution in [3.05, 3.63) is 46.6 Å². The Morgan fingerprint density at radius 1 is 1.50 bits per heavy atom. The molecule has 5 nitrogen and oxygen atoms in total. The van der Waals surface area contributed by atoms with Gasteiger partial charge in [-0.05, 0) is 11.6 Å². The van der Waals surface area contributed by atoms with Crippen LogP contribution < -0.4 is 4.74 Å². The first-order valence-corrected chi connectivity index (χ1v) is 5.57. The van der Waals surface area contributed by atoms with Gasteiger partial charge < -0.3 is 9.84 Å². The van der Waals surface area contributed by atoms with Gasteiger partial charge >= 0.3 is 5.97 Å². The SMILES string of the molecule is COc1nn(Cc2ccccc2Cl)cc1C(=O)O. The minimum atomic E-state index is -1.07. The number of ether oxygens (including phenoxy) is 1. The standard InChI is InChI=1S/C12H11ClN2O3/c1-18-11-9(12(16)17)7-15(14-11)6-8-4-2-3-5-10(8)13/h2-5,7H,6H2,1H3,(H,16,17). The van der Waals surface area contributed by atoms with Crippen LogP contribution in [0.15, 0.2) is 30.5 Å². The number of nitrogens with zero attached hydrogens (tertiary/aromatic N) is 2. The third kappa shape index (κ3) is 2.46. The number of rotatable bonds is 4. The smallest absolute Gasteiger partial charge is 0.342 e. The van der Waals surface area contributed by atoms with Crippen LogP contribution in [0.3, 0.4) is 0 Å². The van der Waals surface area contributed by atoms with Crippen molar-refractivity contribution >= 4 is 17.6 Å². The molecule has 1 aromatic carbocycles. The number of carboxylic acids is 1. The molecule has 1 heterocycles. The van der Waals surface area contributed by atoms with Gasteiger partial charge in [0.05, 0.1) is 13.7 Å². The summed E-state index contributed by atoms with van der Waals surface area (Å²) in [7, 11) is 1.38. The first-order chi connectivity index (χ1) is 8.61. The van der Waals surface area contributed by atoms with Gasteiger partial charge in [-0.25, -0.2) is 4.79 Å². The molecular weight excluding hydrogens is 256 g/mol. The number of hydrogen-bond donors (Lipinski definition) is 1. The molecule has 0 amide bonds. The molecule has 0 aliphatic carbocycles. The highest BCUT2D eigenvalue weighted by Gasteiger charge is 2.16. The Bertz CT molecular complexity index is 580. The van der Waals surface area contributed by atoms with Crippen LogP contribution in [0.25, 0.3) is 0 Å². The molecule has 0 radical (unpaired) electrons. The van der Waals surface area contributed by atoms with Gasteiger partial charge in [-0.2, -0.15) is 0 Å². The second-order valence-electron chi connectivity index (χ2n) is 3.65. The van der Waals surface area contributed by atoms with E-state index in [0.717, 1.165) is 5.56 Å². The van der Waals surface area contributed by atoms with E-state index in [9.17, 15) is 4.79 Å². The predicted molar refractivity (Wildman–Crippen MR) is 66.3 cm³/mol. The van der Waals surface area contributed by atoms with Crippen LogP contribution in [0, 0.1) is 0 Å². The highest BCUT2D eigenvalue weighted by Crippen LogP contribution is 2.19. The third-order valence-corrected chi connectivity index (χ3v) is 2.81. The highest BCUT2D eigenvalue weighted by atomic mass is 35.5. The average Bonchev–Trinajstić information content (AvgIpc) is 2.75. The monoisotopic (exact) mass is 266 g/mol. The second-order valence-corrected chi connectivity index (χ2v) is 4.05. The molecule has 0 aliphatic rings. The van der Waals surface area contributed by atoms with Crippen molar-refractivity contribution in [2.45, 2.75) is 6.54 Å². The predicted octanol–water partition coefficient (Wildman–Crippen LogP) is 2.29. The Balaban J connectivity index is 2.30. The molecule has 0 aliphatic heterocycles. The lowest BCUT2D eigenvalue weighted by Crippen LogP contribution is -2.01.